The van der Waals surface area contributed by atoms with E-state index in [9.17, 15) is 4.79 Å². The van der Waals surface area contributed by atoms with Crippen LogP contribution in [-0.2, 0) is 26.6 Å². The van der Waals surface area contributed by atoms with Crippen molar-refractivity contribution in [3.8, 4) is 11.5 Å². The molecule has 176 valence electrons. The first-order chi connectivity index (χ1) is 16.0. The topological polar surface area (TPSA) is 63.1 Å². The largest absolute Gasteiger partial charge is 0.497 e. The van der Waals surface area contributed by atoms with Gasteiger partial charge in [0.1, 0.15) is 17.3 Å². The van der Waals surface area contributed by atoms with Gasteiger partial charge in [0.15, 0.2) is 0 Å². The number of imidazole rings is 1. The van der Waals surface area contributed by atoms with Crippen LogP contribution in [0.25, 0.3) is 0 Å². The summed E-state index contributed by atoms with van der Waals surface area (Å²) in [4.78, 5) is 24.6. The predicted molar refractivity (Wildman–Crippen MR) is 125 cm³/mol. The number of nitrogens with zero attached hydrogens (tertiary/aromatic N) is 5. The van der Waals surface area contributed by atoms with Gasteiger partial charge in [-0.05, 0) is 37.8 Å². The minimum Gasteiger partial charge on any atom is -0.497 e. The Bertz CT molecular complexity index is 1080. The summed E-state index contributed by atoms with van der Waals surface area (Å²) in [6.45, 7) is 6.05. The van der Waals surface area contributed by atoms with Crippen molar-refractivity contribution in [3.05, 3.63) is 53.3 Å². The molecule has 1 aromatic heterocycles. The number of rotatable bonds is 5. The third-order valence-electron chi connectivity index (χ3n) is 7.59. The molecule has 2 saturated heterocycles. The van der Waals surface area contributed by atoms with Crippen LogP contribution in [0, 0.1) is 0 Å². The second-order valence-corrected chi connectivity index (χ2v) is 9.14. The molecule has 3 aliphatic rings. The fraction of sp³-hybridized carbons (Fsp3) is 0.520. The van der Waals surface area contributed by atoms with Gasteiger partial charge in [-0.15, -0.1) is 0 Å². The maximum absolute atomic E-state index is 13.6. The number of hydrogen-bond donors (Lipinski definition) is 0. The summed E-state index contributed by atoms with van der Waals surface area (Å²) >= 11 is 0. The van der Waals surface area contributed by atoms with Crippen molar-refractivity contribution >= 4 is 6.03 Å². The Labute approximate surface area is 195 Å². The standard InChI is InChI=1S/C25H33N5O3/c1-5-30-24(31)29-16-18-14-19(32-3)15-21(33-4)20(18)6-7-22(29)25(30)8-11-28(12-9-25)17-23-26-10-13-27(23)2/h7,10,13-15H,5-6,8-9,11-12,16-17H2,1-4H3. The van der Waals surface area contributed by atoms with Crippen molar-refractivity contribution in [1.29, 1.82) is 0 Å². The molecule has 0 unspecified atom stereocenters. The molecule has 33 heavy (non-hydrogen) atoms. The van der Waals surface area contributed by atoms with E-state index in [2.05, 4.69) is 32.4 Å². The first kappa shape index (κ1) is 21.8. The number of aromatic nitrogens is 2. The fourth-order valence-corrected chi connectivity index (χ4v) is 5.79. The second kappa shape index (κ2) is 8.41. The van der Waals surface area contributed by atoms with E-state index in [1.165, 1.54) is 0 Å². The molecule has 2 amide bonds. The van der Waals surface area contributed by atoms with E-state index >= 15 is 0 Å². The Kier molecular flexibility index (Phi) is 5.56. The van der Waals surface area contributed by atoms with Gasteiger partial charge >= 0.3 is 6.03 Å². The molecule has 1 spiro atoms. The summed E-state index contributed by atoms with van der Waals surface area (Å²) in [6.07, 6.45) is 8.71. The van der Waals surface area contributed by atoms with Crippen molar-refractivity contribution in [1.82, 2.24) is 24.3 Å². The zero-order valence-corrected chi connectivity index (χ0v) is 20.0. The van der Waals surface area contributed by atoms with Crippen LogP contribution in [0.3, 0.4) is 0 Å². The molecule has 4 heterocycles. The third kappa shape index (κ3) is 3.47. The normalized spacial score (nSPS) is 19.9. The molecule has 8 heteroatoms. The lowest BCUT2D eigenvalue weighted by Gasteiger charge is -2.44. The number of amides is 2. The Morgan fingerprint density at radius 2 is 1.94 bits per heavy atom. The molecule has 8 nitrogen and oxygen atoms in total. The highest BCUT2D eigenvalue weighted by Crippen LogP contribution is 2.46. The lowest BCUT2D eigenvalue weighted by atomic mass is 9.83. The van der Waals surface area contributed by atoms with Gasteiger partial charge in [-0.2, -0.15) is 0 Å². The van der Waals surface area contributed by atoms with Gasteiger partial charge in [-0.1, -0.05) is 6.08 Å². The summed E-state index contributed by atoms with van der Waals surface area (Å²) < 4.78 is 13.2. The summed E-state index contributed by atoms with van der Waals surface area (Å²) in [6, 6.07) is 4.08. The highest BCUT2D eigenvalue weighted by molar-refractivity contribution is 5.83. The number of carbonyl (C=O) groups is 1. The number of hydrogen-bond acceptors (Lipinski definition) is 5. The minimum atomic E-state index is -0.247. The lowest BCUT2D eigenvalue weighted by Crippen LogP contribution is -2.53. The Morgan fingerprint density at radius 1 is 1.15 bits per heavy atom. The van der Waals surface area contributed by atoms with Crippen LogP contribution in [-0.4, -0.2) is 69.7 Å². The van der Waals surface area contributed by atoms with Crippen LogP contribution in [0.2, 0.25) is 0 Å². The van der Waals surface area contributed by atoms with Crippen LogP contribution in [0.5, 0.6) is 11.5 Å². The number of urea groups is 1. The van der Waals surface area contributed by atoms with Crippen molar-refractivity contribution in [3.63, 3.8) is 0 Å². The number of piperidine rings is 1. The van der Waals surface area contributed by atoms with Gasteiger partial charge in [-0.25, -0.2) is 9.78 Å². The summed E-state index contributed by atoms with van der Waals surface area (Å²) in [5.41, 5.74) is 3.14. The molecule has 2 aromatic rings. The van der Waals surface area contributed by atoms with Crippen LogP contribution in [0.1, 0.15) is 36.7 Å². The maximum Gasteiger partial charge on any atom is 0.325 e. The predicted octanol–water partition coefficient (Wildman–Crippen LogP) is 3.17. The Morgan fingerprint density at radius 3 is 2.58 bits per heavy atom. The van der Waals surface area contributed by atoms with Gasteiger partial charge in [0.2, 0.25) is 0 Å². The Hall–Kier alpha value is -3.00. The SMILES string of the molecule is CCN1C(=O)N2Cc3cc(OC)cc(OC)c3CC=C2C12CCN(Cc1nccn1C)CC2. The summed E-state index contributed by atoms with van der Waals surface area (Å²) in [5.74, 6) is 2.65. The molecular formula is C25H33N5O3. The molecular weight excluding hydrogens is 418 g/mol. The maximum atomic E-state index is 13.6. The molecule has 0 bridgehead atoms. The molecule has 0 radical (unpaired) electrons. The first-order valence-corrected chi connectivity index (χ1v) is 11.7. The fourth-order valence-electron chi connectivity index (χ4n) is 5.79. The van der Waals surface area contributed by atoms with E-state index in [-0.39, 0.29) is 11.6 Å². The number of fused-ring (bicyclic) bond motifs is 3. The number of aryl methyl sites for hydroxylation is 1. The highest BCUT2D eigenvalue weighted by atomic mass is 16.5. The second-order valence-electron chi connectivity index (χ2n) is 9.14. The van der Waals surface area contributed by atoms with Crippen molar-refractivity contribution in [2.45, 2.75) is 44.8 Å². The van der Waals surface area contributed by atoms with E-state index < -0.39 is 0 Å². The number of allylic oxidation sites excluding steroid dienone is 1. The van der Waals surface area contributed by atoms with Gasteiger partial charge in [0, 0.05) is 56.4 Å². The van der Waals surface area contributed by atoms with E-state index in [1.807, 2.05) is 36.5 Å². The zero-order chi connectivity index (χ0) is 23.2. The smallest absolute Gasteiger partial charge is 0.325 e. The van der Waals surface area contributed by atoms with Gasteiger partial charge in [-0.3, -0.25) is 9.80 Å². The minimum absolute atomic E-state index is 0.107. The van der Waals surface area contributed by atoms with Crippen LogP contribution in [0.4, 0.5) is 4.79 Å². The highest BCUT2D eigenvalue weighted by Gasteiger charge is 2.54. The van der Waals surface area contributed by atoms with E-state index in [1.54, 1.807) is 14.2 Å². The van der Waals surface area contributed by atoms with Crippen LogP contribution >= 0.6 is 0 Å². The number of carbonyl (C=O) groups excluding carboxylic acids is 1. The quantitative estimate of drug-likeness (QED) is 0.699. The monoisotopic (exact) mass is 451 g/mol. The molecule has 5 rings (SSSR count). The van der Waals surface area contributed by atoms with Gasteiger partial charge in [0.25, 0.3) is 0 Å². The molecule has 1 aromatic carbocycles. The molecule has 0 N–H and O–H groups in total. The zero-order valence-electron chi connectivity index (χ0n) is 20.0. The van der Waals surface area contributed by atoms with Crippen molar-refractivity contribution in [2.24, 2.45) is 7.05 Å². The number of methoxy groups -OCH3 is 2. The average molecular weight is 452 g/mol. The molecule has 0 aliphatic carbocycles. The van der Waals surface area contributed by atoms with E-state index in [0.29, 0.717) is 13.1 Å². The molecule has 0 atom stereocenters. The van der Waals surface area contributed by atoms with Crippen molar-refractivity contribution < 1.29 is 14.3 Å². The number of likely N-dealkylation sites (tertiary alicyclic amines) is 1. The number of ether oxygens (including phenoxy) is 2. The number of likely N-dealkylation sites (N-methyl/N-ethyl adjacent to an activating group) is 1. The van der Waals surface area contributed by atoms with Gasteiger partial charge < -0.3 is 18.9 Å². The van der Waals surface area contributed by atoms with Crippen LogP contribution < -0.4 is 9.47 Å². The van der Waals surface area contributed by atoms with Gasteiger partial charge in [0.05, 0.1) is 32.8 Å². The summed E-state index contributed by atoms with van der Waals surface area (Å²) in [5, 5.41) is 0. The molecule has 2 fully saturated rings. The first-order valence-electron chi connectivity index (χ1n) is 11.7. The van der Waals surface area contributed by atoms with E-state index in [4.69, 9.17) is 9.47 Å². The number of benzene rings is 1. The third-order valence-corrected chi connectivity index (χ3v) is 7.59. The molecule has 0 saturated carbocycles. The molecule has 3 aliphatic heterocycles. The van der Waals surface area contributed by atoms with Crippen LogP contribution in [0.15, 0.2) is 36.3 Å². The van der Waals surface area contributed by atoms with E-state index in [0.717, 1.165) is 73.0 Å². The lowest BCUT2D eigenvalue weighted by molar-refractivity contribution is 0.0872. The summed E-state index contributed by atoms with van der Waals surface area (Å²) in [7, 11) is 5.39. The average Bonchev–Trinajstić information content (AvgIpc) is 3.23. The Balaban J connectivity index is 1.44. The van der Waals surface area contributed by atoms with Crippen molar-refractivity contribution in [2.75, 3.05) is 33.9 Å².